The molecule has 1 saturated heterocycles. The van der Waals surface area contributed by atoms with Crippen LogP contribution in [0.5, 0.6) is 0 Å². The third kappa shape index (κ3) is 4.52. The monoisotopic (exact) mass is 323 g/mol. The molecule has 1 aromatic rings. The quantitative estimate of drug-likeness (QED) is 0.818. The minimum atomic E-state index is 0.192. The highest BCUT2D eigenvalue weighted by Gasteiger charge is 2.32. The predicted octanol–water partition coefficient (Wildman–Crippen LogP) is 1.16. The van der Waals surface area contributed by atoms with Crippen molar-refractivity contribution in [2.75, 3.05) is 39.8 Å². The highest BCUT2D eigenvalue weighted by Crippen LogP contribution is 2.28. The first-order valence-electron chi connectivity index (χ1n) is 8.04. The molecule has 5 nitrogen and oxygen atoms in total. The highest BCUT2D eigenvalue weighted by atomic mass is 32.1. The number of rotatable bonds is 7. The van der Waals surface area contributed by atoms with Crippen LogP contribution in [0.1, 0.15) is 18.4 Å². The molecule has 1 aliphatic carbocycles. The number of hydrogen-bond acceptors (Lipinski definition) is 5. The molecule has 6 heteroatoms. The van der Waals surface area contributed by atoms with E-state index in [2.05, 4.69) is 34.1 Å². The molecule has 1 N–H and O–H groups in total. The van der Waals surface area contributed by atoms with Crippen molar-refractivity contribution in [1.82, 2.24) is 15.1 Å². The lowest BCUT2D eigenvalue weighted by Gasteiger charge is -2.30. The summed E-state index contributed by atoms with van der Waals surface area (Å²) in [7, 11) is 2.11. The van der Waals surface area contributed by atoms with Gasteiger partial charge in [-0.2, -0.15) is 11.3 Å². The second-order valence-corrected chi connectivity index (χ2v) is 7.05. The lowest BCUT2D eigenvalue weighted by Crippen LogP contribution is -2.47. The Balaban J connectivity index is 1.43. The number of nitrogens with zero attached hydrogens (tertiary/aromatic N) is 2. The van der Waals surface area contributed by atoms with Crippen LogP contribution in [0, 0.1) is 0 Å². The minimum absolute atomic E-state index is 0.192. The number of carbonyl (C=O) groups is 1. The molecule has 1 atom stereocenters. The second-order valence-electron chi connectivity index (χ2n) is 6.27. The van der Waals surface area contributed by atoms with Gasteiger partial charge in [0.05, 0.1) is 19.3 Å². The number of ether oxygens (including phenoxy) is 1. The first-order chi connectivity index (χ1) is 10.7. The Morgan fingerprint density at radius 1 is 1.55 bits per heavy atom. The van der Waals surface area contributed by atoms with Gasteiger partial charge in [-0.1, -0.05) is 0 Å². The third-order valence-corrected chi connectivity index (χ3v) is 4.96. The topological polar surface area (TPSA) is 44.8 Å². The van der Waals surface area contributed by atoms with E-state index in [0.717, 1.165) is 45.6 Å². The summed E-state index contributed by atoms with van der Waals surface area (Å²) >= 11 is 1.69. The van der Waals surface area contributed by atoms with Crippen molar-refractivity contribution in [1.29, 1.82) is 0 Å². The van der Waals surface area contributed by atoms with E-state index in [4.69, 9.17) is 4.74 Å². The summed E-state index contributed by atoms with van der Waals surface area (Å²) in [5.74, 6) is 0.206. The third-order valence-electron chi connectivity index (χ3n) is 4.23. The Bertz CT molecular complexity index is 476. The lowest BCUT2D eigenvalue weighted by molar-refractivity contribution is -0.131. The minimum Gasteiger partial charge on any atom is -0.374 e. The van der Waals surface area contributed by atoms with E-state index in [0.29, 0.717) is 12.6 Å². The average Bonchev–Trinajstić information content (AvgIpc) is 3.21. The SMILES string of the molecule is CN1CCO[C@H](CNCC(=O)N(Cc2ccsc2)C2CC2)C1. The summed E-state index contributed by atoms with van der Waals surface area (Å²) in [5.41, 5.74) is 1.24. The van der Waals surface area contributed by atoms with E-state index in [1.165, 1.54) is 5.56 Å². The molecule has 22 heavy (non-hydrogen) atoms. The van der Waals surface area contributed by atoms with E-state index >= 15 is 0 Å². The first kappa shape index (κ1) is 15.9. The Morgan fingerprint density at radius 3 is 3.09 bits per heavy atom. The molecule has 1 amide bonds. The zero-order valence-electron chi connectivity index (χ0n) is 13.2. The van der Waals surface area contributed by atoms with E-state index in [1.54, 1.807) is 11.3 Å². The Kier molecular flexibility index (Phi) is 5.46. The van der Waals surface area contributed by atoms with Crippen LogP contribution in [0.15, 0.2) is 16.8 Å². The van der Waals surface area contributed by atoms with Crippen LogP contribution in [-0.2, 0) is 16.1 Å². The van der Waals surface area contributed by atoms with Crippen LogP contribution in [-0.4, -0.2) is 67.7 Å². The Labute approximate surface area is 136 Å². The maximum atomic E-state index is 12.5. The van der Waals surface area contributed by atoms with Gasteiger partial charge in [0.15, 0.2) is 0 Å². The van der Waals surface area contributed by atoms with Crippen LogP contribution in [0.3, 0.4) is 0 Å². The molecule has 2 fully saturated rings. The lowest BCUT2D eigenvalue weighted by atomic mass is 10.2. The molecule has 122 valence electrons. The van der Waals surface area contributed by atoms with Gasteiger partial charge < -0.3 is 19.9 Å². The van der Waals surface area contributed by atoms with Crippen molar-refractivity contribution < 1.29 is 9.53 Å². The van der Waals surface area contributed by atoms with Gasteiger partial charge in [-0.3, -0.25) is 4.79 Å². The van der Waals surface area contributed by atoms with Crippen LogP contribution < -0.4 is 5.32 Å². The van der Waals surface area contributed by atoms with Crippen molar-refractivity contribution in [3.63, 3.8) is 0 Å². The fraction of sp³-hybridized carbons (Fsp3) is 0.688. The molecule has 2 aliphatic rings. The van der Waals surface area contributed by atoms with Crippen molar-refractivity contribution in [2.45, 2.75) is 31.5 Å². The van der Waals surface area contributed by atoms with Gasteiger partial charge in [0.25, 0.3) is 0 Å². The molecule has 0 unspecified atom stereocenters. The predicted molar refractivity (Wildman–Crippen MR) is 88.0 cm³/mol. The number of carbonyl (C=O) groups excluding carboxylic acids is 1. The smallest absolute Gasteiger partial charge is 0.237 e. The molecular weight excluding hydrogens is 298 g/mol. The summed E-state index contributed by atoms with van der Waals surface area (Å²) in [4.78, 5) is 16.8. The van der Waals surface area contributed by atoms with Crippen molar-refractivity contribution >= 4 is 17.2 Å². The van der Waals surface area contributed by atoms with Gasteiger partial charge in [0, 0.05) is 32.2 Å². The van der Waals surface area contributed by atoms with Gasteiger partial charge in [-0.25, -0.2) is 0 Å². The van der Waals surface area contributed by atoms with Crippen LogP contribution in [0.4, 0.5) is 0 Å². The summed E-state index contributed by atoms with van der Waals surface area (Å²) in [6.45, 7) is 4.60. The zero-order valence-corrected chi connectivity index (χ0v) is 14.0. The number of nitrogens with one attached hydrogen (secondary N) is 1. The molecule has 1 aromatic heterocycles. The maximum Gasteiger partial charge on any atom is 0.237 e. The summed E-state index contributed by atoms with van der Waals surface area (Å²) in [6.07, 6.45) is 2.48. The highest BCUT2D eigenvalue weighted by molar-refractivity contribution is 7.07. The Morgan fingerprint density at radius 2 is 2.41 bits per heavy atom. The summed E-state index contributed by atoms with van der Waals surface area (Å²) in [6, 6.07) is 2.55. The van der Waals surface area contributed by atoms with E-state index < -0.39 is 0 Å². The van der Waals surface area contributed by atoms with Gasteiger partial charge in [-0.15, -0.1) is 0 Å². The van der Waals surface area contributed by atoms with Crippen molar-refractivity contribution in [3.8, 4) is 0 Å². The van der Waals surface area contributed by atoms with Gasteiger partial charge in [0.1, 0.15) is 0 Å². The summed E-state index contributed by atoms with van der Waals surface area (Å²) < 4.78 is 5.71. The van der Waals surface area contributed by atoms with E-state index in [1.807, 2.05) is 4.90 Å². The molecule has 0 spiro atoms. The Hall–Kier alpha value is -0.950. The number of morpholine rings is 1. The van der Waals surface area contributed by atoms with E-state index in [9.17, 15) is 4.79 Å². The van der Waals surface area contributed by atoms with Gasteiger partial charge in [0.2, 0.25) is 5.91 Å². The summed E-state index contributed by atoms with van der Waals surface area (Å²) in [5, 5.41) is 7.47. The van der Waals surface area contributed by atoms with Gasteiger partial charge in [-0.05, 0) is 42.3 Å². The first-order valence-corrected chi connectivity index (χ1v) is 8.98. The number of likely N-dealkylation sites (N-methyl/N-ethyl adjacent to an activating group) is 1. The van der Waals surface area contributed by atoms with Crippen LogP contribution in [0.25, 0.3) is 0 Å². The fourth-order valence-electron chi connectivity index (χ4n) is 2.82. The molecule has 1 saturated carbocycles. The van der Waals surface area contributed by atoms with Crippen LogP contribution >= 0.6 is 11.3 Å². The van der Waals surface area contributed by atoms with Crippen molar-refractivity contribution in [2.24, 2.45) is 0 Å². The number of hydrogen-bond donors (Lipinski definition) is 1. The average molecular weight is 323 g/mol. The molecule has 3 rings (SSSR count). The molecule has 0 radical (unpaired) electrons. The number of amides is 1. The molecule has 0 aromatic carbocycles. The normalized spacial score (nSPS) is 22.7. The second kappa shape index (κ2) is 7.55. The van der Waals surface area contributed by atoms with Gasteiger partial charge >= 0.3 is 0 Å². The van der Waals surface area contributed by atoms with E-state index in [-0.39, 0.29) is 12.0 Å². The standard InChI is InChI=1S/C16H25N3O2S/c1-18-5-6-21-15(11-18)8-17-9-16(20)19(14-2-3-14)10-13-4-7-22-12-13/h4,7,12,14-15,17H,2-3,5-6,8-11H2,1H3/t15-/m1/s1. The molecule has 2 heterocycles. The van der Waals surface area contributed by atoms with Crippen molar-refractivity contribution in [3.05, 3.63) is 22.4 Å². The fourth-order valence-corrected chi connectivity index (χ4v) is 3.48. The largest absolute Gasteiger partial charge is 0.374 e. The number of thiophene rings is 1. The molecular formula is C16H25N3O2S. The maximum absolute atomic E-state index is 12.5. The molecule has 1 aliphatic heterocycles. The zero-order chi connectivity index (χ0) is 15.4. The molecule has 0 bridgehead atoms. The van der Waals surface area contributed by atoms with Crippen LogP contribution in [0.2, 0.25) is 0 Å².